The molecule has 0 aromatic rings. The lowest BCUT2D eigenvalue weighted by molar-refractivity contribution is -0.123. The molecule has 0 aliphatic heterocycles. The van der Waals surface area contributed by atoms with Crippen molar-refractivity contribution in [1.82, 2.24) is 20.4 Å². The van der Waals surface area contributed by atoms with E-state index in [1.54, 1.807) is 0 Å². The molecule has 0 aromatic heterocycles. The second-order valence-electron chi connectivity index (χ2n) is 4.98. The van der Waals surface area contributed by atoms with E-state index in [9.17, 15) is 9.59 Å². The number of likely N-dealkylation sites (N-methyl/N-ethyl adjacent to an activating group) is 2. The molecule has 2 amide bonds. The number of rotatable bonds is 10. The molecule has 0 rings (SSSR count). The van der Waals surface area contributed by atoms with Crippen molar-refractivity contribution in [3.8, 4) is 0 Å². The highest BCUT2D eigenvalue weighted by atomic mass is 35.5. The number of amides is 2. The first kappa shape index (κ1) is 29.5. The number of hydrogen-bond acceptors (Lipinski definition) is 4. The van der Waals surface area contributed by atoms with E-state index >= 15 is 0 Å². The summed E-state index contributed by atoms with van der Waals surface area (Å²) in [6.07, 6.45) is 1.77. The van der Waals surface area contributed by atoms with Gasteiger partial charge in [-0.1, -0.05) is 14.4 Å². The van der Waals surface area contributed by atoms with Gasteiger partial charge in [0.1, 0.15) is 0 Å². The van der Waals surface area contributed by atoms with E-state index < -0.39 is 0 Å². The van der Waals surface area contributed by atoms with Crippen LogP contribution in [0.2, 0.25) is 0 Å². The van der Waals surface area contributed by atoms with Gasteiger partial charge in [-0.3, -0.25) is 9.59 Å². The van der Waals surface area contributed by atoms with Gasteiger partial charge in [-0.15, -0.1) is 24.8 Å². The Morgan fingerprint density at radius 1 is 0.909 bits per heavy atom. The highest BCUT2D eigenvalue weighted by Crippen LogP contribution is 1.89. The van der Waals surface area contributed by atoms with Crippen LogP contribution in [0.25, 0.3) is 0 Å². The minimum absolute atomic E-state index is 0. The van der Waals surface area contributed by atoms with Crippen LogP contribution in [0.1, 0.15) is 36.5 Å². The third-order valence-electron chi connectivity index (χ3n) is 2.70. The fraction of sp³-hybridized carbons (Fsp3) is 0.857. The molecule has 0 unspecified atom stereocenters. The third-order valence-corrected chi connectivity index (χ3v) is 2.70. The SMILES string of the molecule is C.CCCC(=O)NCNC(=O)CCN(C)CCN(C)C.Cl.Cl.[HH].[HH]. The fourth-order valence-electron chi connectivity index (χ4n) is 1.42. The molecule has 0 radical (unpaired) electrons. The Bertz CT molecular complexity index is 290. The van der Waals surface area contributed by atoms with Crippen molar-refractivity contribution in [2.45, 2.75) is 33.6 Å². The number of nitrogens with zero attached hydrogens (tertiary/aromatic N) is 2. The number of carbonyl (C=O) groups excluding carboxylic acids is 2. The Hall–Kier alpha value is -0.560. The molecule has 0 bridgehead atoms. The molecule has 0 saturated carbocycles. The summed E-state index contributed by atoms with van der Waals surface area (Å²) in [4.78, 5) is 26.9. The first-order valence-corrected chi connectivity index (χ1v) is 6.82. The maximum Gasteiger partial charge on any atom is 0.222 e. The van der Waals surface area contributed by atoms with Crippen LogP contribution in [0.3, 0.4) is 0 Å². The number of halogens is 2. The Balaban J connectivity index is -0.000000162. The molecule has 0 spiro atoms. The summed E-state index contributed by atoms with van der Waals surface area (Å²) >= 11 is 0. The average Bonchev–Trinajstić information content (AvgIpc) is 2.34. The third kappa shape index (κ3) is 19.4. The number of carbonyl (C=O) groups is 2. The van der Waals surface area contributed by atoms with Crippen molar-refractivity contribution >= 4 is 36.6 Å². The summed E-state index contributed by atoms with van der Waals surface area (Å²) in [6.45, 7) is 4.81. The first-order valence-electron chi connectivity index (χ1n) is 6.82. The van der Waals surface area contributed by atoms with Crippen LogP contribution in [0.15, 0.2) is 0 Å². The normalized spacial score (nSPS) is 9.36. The molecule has 0 fully saturated rings. The van der Waals surface area contributed by atoms with Crippen LogP contribution < -0.4 is 10.6 Å². The second kappa shape index (κ2) is 18.5. The van der Waals surface area contributed by atoms with Crippen molar-refractivity contribution in [2.75, 3.05) is 47.4 Å². The van der Waals surface area contributed by atoms with Crippen molar-refractivity contribution in [3.63, 3.8) is 0 Å². The maximum absolute atomic E-state index is 11.5. The highest BCUT2D eigenvalue weighted by molar-refractivity contribution is 5.85. The zero-order valence-electron chi connectivity index (χ0n) is 13.5. The molecule has 8 heteroatoms. The largest absolute Gasteiger partial charge is 0.339 e. The molecule has 0 saturated heterocycles. The maximum atomic E-state index is 11.5. The van der Waals surface area contributed by atoms with E-state index in [-0.39, 0.29) is 53.6 Å². The van der Waals surface area contributed by atoms with Crippen LogP contribution in [-0.2, 0) is 9.59 Å². The van der Waals surface area contributed by atoms with Gasteiger partial charge in [0.05, 0.1) is 6.67 Å². The quantitative estimate of drug-likeness (QED) is 0.580. The zero-order chi connectivity index (χ0) is 14.7. The molecule has 0 aromatic carbocycles. The van der Waals surface area contributed by atoms with Gasteiger partial charge in [0.25, 0.3) is 0 Å². The van der Waals surface area contributed by atoms with Gasteiger partial charge >= 0.3 is 0 Å². The number of nitrogens with one attached hydrogen (secondary N) is 2. The van der Waals surface area contributed by atoms with Crippen LogP contribution in [0, 0.1) is 0 Å². The zero-order valence-corrected chi connectivity index (χ0v) is 15.1. The summed E-state index contributed by atoms with van der Waals surface area (Å²) in [6, 6.07) is 0. The van der Waals surface area contributed by atoms with E-state index in [0.29, 0.717) is 12.8 Å². The summed E-state index contributed by atoms with van der Waals surface area (Å²) in [5.74, 6) is -0.0561. The van der Waals surface area contributed by atoms with Gasteiger partial charge in [-0.2, -0.15) is 0 Å². The molecular formula is C14H38Cl2N4O2. The lowest BCUT2D eigenvalue weighted by atomic mass is 10.3. The topological polar surface area (TPSA) is 64.7 Å². The smallest absolute Gasteiger partial charge is 0.222 e. The predicted molar refractivity (Wildman–Crippen MR) is 102 cm³/mol. The van der Waals surface area contributed by atoms with E-state index in [0.717, 1.165) is 26.1 Å². The number of hydrogen-bond donors (Lipinski definition) is 2. The predicted octanol–water partition coefficient (Wildman–Crippen LogP) is 1.83. The Morgan fingerprint density at radius 2 is 1.41 bits per heavy atom. The molecule has 6 nitrogen and oxygen atoms in total. The molecule has 22 heavy (non-hydrogen) atoms. The van der Waals surface area contributed by atoms with E-state index in [1.165, 1.54) is 0 Å². The molecule has 0 heterocycles. The van der Waals surface area contributed by atoms with Gasteiger partial charge < -0.3 is 20.4 Å². The fourth-order valence-corrected chi connectivity index (χ4v) is 1.42. The summed E-state index contributed by atoms with van der Waals surface area (Å²) in [5, 5.41) is 5.34. The highest BCUT2D eigenvalue weighted by Gasteiger charge is 2.05. The van der Waals surface area contributed by atoms with Gasteiger partial charge in [0.2, 0.25) is 11.8 Å². The van der Waals surface area contributed by atoms with Crippen molar-refractivity contribution < 1.29 is 12.4 Å². The molecule has 0 aliphatic rings. The minimum Gasteiger partial charge on any atom is -0.339 e. The van der Waals surface area contributed by atoms with Gasteiger partial charge in [0.15, 0.2) is 0 Å². The lowest BCUT2D eigenvalue weighted by Crippen LogP contribution is -2.38. The lowest BCUT2D eigenvalue weighted by Gasteiger charge is -2.18. The van der Waals surface area contributed by atoms with E-state index in [1.807, 2.05) is 28.1 Å². The second-order valence-corrected chi connectivity index (χ2v) is 4.98. The van der Waals surface area contributed by atoms with Gasteiger partial charge in [-0.05, 0) is 27.6 Å². The molecular weight excluding hydrogens is 327 g/mol. The van der Waals surface area contributed by atoms with Gasteiger partial charge in [0, 0.05) is 35.3 Å². The molecule has 0 aliphatic carbocycles. The Labute approximate surface area is 151 Å². The standard InChI is InChI=1S/C13H28N4O2.CH4.2ClH.2H2/c1-5-6-12(18)14-11-15-13(19)7-8-17(4)10-9-16(2)3;;;;;/h5-11H2,1-4H3,(H,14,18)(H,15,19);1H4;4*1H. The van der Waals surface area contributed by atoms with Crippen molar-refractivity contribution in [2.24, 2.45) is 0 Å². The Morgan fingerprint density at radius 3 is 1.86 bits per heavy atom. The summed E-state index contributed by atoms with van der Waals surface area (Å²) < 4.78 is 0. The minimum atomic E-state index is -0.0338. The Kier molecular flexibility index (Phi) is 24.8. The van der Waals surface area contributed by atoms with Crippen molar-refractivity contribution in [3.05, 3.63) is 0 Å². The van der Waals surface area contributed by atoms with Crippen LogP contribution in [0.5, 0.6) is 0 Å². The van der Waals surface area contributed by atoms with E-state index in [4.69, 9.17) is 0 Å². The average molecular weight is 365 g/mol. The van der Waals surface area contributed by atoms with Crippen LogP contribution >= 0.6 is 24.8 Å². The summed E-state index contributed by atoms with van der Waals surface area (Å²) in [5.41, 5.74) is 0. The summed E-state index contributed by atoms with van der Waals surface area (Å²) in [7, 11) is 6.05. The van der Waals surface area contributed by atoms with Crippen LogP contribution in [-0.4, -0.2) is 69.1 Å². The first-order chi connectivity index (χ1) is 8.95. The van der Waals surface area contributed by atoms with Crippen molar-refractivity contribution in [1.29, 1.82) is 0 Å². The van der Waals surface area contributed by atoms with Crippen LogP contribution in [0.4, 0.5) is 0 Å². The van der Waals surface area contributed by atoms with E-state index in [2.05, 4.69) is 20.4 Å². The van der Waals surface area contributed by atoms with Gasteiger partial charge in [-0.25, -0.2) is 0 Å². The molecule has 0 atom stereocenters. The molecule has 140 valence electrons. The monoisotopic (exact) mass is 364 g/mol. The molecule has 2 N–H and O–H groups in total.